The lowest BCUT2D eigenvalue weighted by molar-refractivity contribution is -0.0488. The Bertz CT molecular complexity index is 1370. The molecule has 8 fully saturated rings. The van der Waals surface area contributed by atoms with E-state index >= 15 is 0 Å². The Hall–Kier alpha value is -1.74. The van der Waals surface area contributed by atoms with Crippen molar-refractivity contribution in [2.24, 2.45) is 46.3 Å². The predicted molar refractivity (Wildman–Crippen MR) is 163 cm³/mol. The standard InChI is InChI=1S/C34H44N2O4S2/c37-41(38,35-21-33-15-23-9-24(16-33)11-25(10-23)17-33)31-5-1-29(2-6-31)30-3-7-32(8-4-30)42(39,40)36-22-34-18-26-12-27(19-34)14-28(13-26)20-34/h1-8,23-28,35-36H,9-22H2. The Balaban J connectivity index is 0.907. The van der Waals surface area contributed by atoms with Gasteiger partial charge in [0.1, 0.15) is 0 Å². The van der Waals surface area contributed by atoms with Gasteiger partial charge in [-0.2, -0.15) is 0 Å². The van der Waals surface area contributed by atoms with Crippen molar-refractivity contribution in [1.82, 2.24) is 9.44 Å². The summed E-state index contributed by atoms with van der Waals surface area (Å²) in [5.74, 6) is 4.74. The highest BCUT2D eigenvalue weighted by Crippen LogP contribution is 2.61. The molecule has 226 valence electrons. The SMILES string of the molecule is O=S(=O)(NCC12CC3CC(CC(C3)C1)C2)c1ccc(-c2ccc(S(=O)(=O)NCC34CC5CC(CC(C5)C3)C4)cc2)cc1. The maximum atomic E-state index is 13.2. The minimum Gasteiger partial charge on any atom is -0.211 e. The van der Waals surface area contributed by atoms with Crippen LogP contribution in [0.5, 0.6) is 0 Å². The van der Waals surface area contributed by atoms with E-state index in [1.54, 1.807) is 24.3 Å². The van der Waals surface area contributed by atoms with Crippen LogP contribution in [0.1, 0.15) is 77.0 Å². The predicted octanol–water partition coefficient (Wildman–Crippen LogP) is 6.34. The van der Waals surface area contributed by atoms with Crippen molar-refractivity contribution in [1.29, 1.82) is 0 Å². The van der Waals surface area contributed by atoms with Crippen LogP contribution in [-0.2, 0) is 20.0 Å². The second kappa shape index (κ2) is 9.88. The van der Waals surface area contributed by atoms with Gasteiger partial charge in [0.2, 0.25) is 20.0 Å². The van der Waals surface area contributed by atoms with Crippen LogP contribution in [-0.4, -0.2) is 29.9 Å². The summed E-state index contributed by atoms with van der Waals surface area (Å²) in [4.78, 5) is 0.563. The smallest absolute Gasteiger partial charge is 0.211 e. The van der Waals surface area contributed by atoms with Crippen molar-refractivity contribution in [2.45, 2.75) is 86.8 Å². The van der Waals surface area contributed by atoms with E-state index in [1.165, 1.54) is 77.0 Å². The third-order valence-corrected chi connectivity index (χ3v) is 15.1. The Morgan fingerprint density at radius 3 is 1.00 bits per heavy atom. The first-order valence-electron chi connectivity index (χ1n) is 16.3. The monoisotopic (exact) mass is 608 g/mol. The van der Waals surface area contributed by atoms with Crippen molar-refractivity contribution in [3.05, 3.63) is 48.5 Å². The van der Waals surface area contributed by atoms with Gasteiger partial charge in [-0.05, 0) is 159 Å². The zero-order chi connectivity index (χ0) is 28.7. The van der Waals surface area contributed by atoms with Gasteiger partial charge in [0.25, 0.3) is 0 Å². The van der Waals surface area contributed by atoms with Crippen LogP contribution in [0, 0.1) is 46.3 Å². The van der Waals surface area contributed by atoms with Crippen LogP contribution >= 0.6 is 0 Å². The normalized spacial score (nSPS) is 38.3. The minimum absolute atomic E-state index is 0.147. The molecule has 0 amide bonds. The Labute approximate surface area is 251 Å². The first-order chi connectivity index (χ1) is 20.1. The van der Waals surface area contributed by atoms with E-state index in [4.69, 9.17) is 0 Å². The molecule has 8 aliphatic carbocycles. The number of sulfonamides is 2. The van der Waals surface area contributed by atoms with Crippen LogP contribution in [0.3, 0.4) is 0 Å². The van der Waals surface area contributed by atoms with Gasteiger partial charge in [0, 0.05) is 13.1 Å². The molecule has 8 heteroatoms. The van der Waals surface area contributed by atoms with Gasteiger partial charge in [-0.15, -0.1) is 0 Å². The van der Waals surface area contributed by atoms with Crippen LogP contribution < -0.4 is 9.44 Å². The van der Waals surface area contributed by atoms with Gasteiger partial charge in [-0.1, -0.05) is 24.3 Å². The molecule has 2 aromatic rings. The van der Waals surface area contributed by atoms with Gasteiger partial charge in [-0.25, -0.2) is 26.3 Å². The lowest BCUT2D eigenvalue weighted by Crippen LogP contribution is -2.51. The fourth-order valence-electron chi connectivity index (χ4n) is 11.3. The highest BCUT2D eigenvalue weighted by molar-refractivity contribution is 7.89. The fraction of sp³-hybridized carbons (Fsp3) is 0.647. The number of benzene rings is 2. The molecule has 0 atom stereocenters. The largest absolute Gasteiger partial charge is 0.240 e. The van der Waals surface area contributed by atoms with Crippen molar-refractivity contribution in [3.8, 4) is 11.1 Å². The average molecular weight is 609 g/mol. The Morgan fingerprint density at radius 2 is 0.738 bits per heavy atom. The van der Waals surface area contributed by atoms with Crippen LogP contribution in [0.15, 0.2) is 58.3 Å². The topological polar surface area (TPSA) is 92.3 Å². The summed E-state index contributed by atoms with van der Waals surface area (Å²) in [5, 5.41) is 0. The van der Waals surface area contributed by atoms with E-state index in [-0.39, 0.29) is 20.6 Å². The molecule has 8 saturated carbocycles. The summed E-state index contributed by atoms with van der Waals surface area (Å²) >= 11 is 0. The quantitative estimate of drug-likeness (QED) is 0.347. The van der Waals surface area contributed by atoms with Crippen molar-refractivity contribution in [3.63, 3.8) is 0 Å². The number of hydrogen-bond acceptors (Lipinski definition) is 4. The third kappa shape index (κ3) is 5.08. The summed E-state index contributed by atoms with van der Waals surface area (Å²) in [7, 11) is -7.18. The lowest BCUT2D eigenvalue weighted by Gasteiger charge is -2.56. The number of nitrogens with one attached hydrogen (secondary N) is 2. The second-order valence-electron chi connectivity index (χ2n) is 15.5. The third-order valence-electron chi connectivity index (χ3n) is 12.3. The lowest BCUT2D eigenvalue weighted by atomic mass is 9.49. The highest BCUT2D eigenvalue weighted by Gasteiger charge is 2.52. The molecule has 6 nitrogen and oxygen atoms in total. The molecule has 0 aromatic heterocycles. The Morgan fingerprint density at radius 1 is 0.476 bits per heavy atom. The molecule has 42 heavy (non-hydrogen) atoms. The van der Waals surface area contributed by atoms with Gasteiger partial charge in [-0.3, -0.25) is 0 Å². The number of rotatable bonds is 9. The van der Waals surface area contributed by atoms with E-state index in [0.717, 1.165) is 46.6 Å². The van der Waals surface area contributed by atoms with Gasteiger partial charge in [0.15, 0.2) is 0 Å². The second-order valence-corrected chi connectivity index (χ2v) is 19.1. The molecule has 0 unspecified atom stereocenters. The zero-order valence-corrected chi connectivity index (χ0v) is 26.1. The van der Waals surface area contributed by atoms with E-state index in [2.05, 4.69) is 9.44 Å². The first kappa shape index (κ1) is 27.8. The molecule has 0 radical (unpaired) electrons. The molecule has 2 aromatic carbocycles. The average Bonchev–Trinajstić information content (AvgIpc) is 2.94. The van der Waals surface area contributed by atoms with E-state index < -0.39 is 20.0 Å². The van der Waals surface area contributed by atoms with Crippen LogP contribution in [0.2, 0.25) is 0 Å². The molecular weight excluding hydrogens is 565 g/mol. The highest BCUT2D eigenvalue weighted by atomic mass is 32.2. The van der Waals surface area contributed by atoms with Crippen LogP contribution in [0.25, 0.3) is 11.1 Å². The van der Waals surface area contributed by atoms with E-state index in [9.17, 15) is 16.8 Å². The first-order valence-corrected chi connectivity index (χ1v) is 19.2. The molecule has 0 heterocycles. The molecule has 0 saturated heterocycles. The molecule has 0 spiro atoms. The molecule has 0 aliphatic heterocycles. The van der Waals surface area contributed by atoms with Crippen molar-refractivity contribution < 1.29 is 16.8 Å². The Kier molecular flexibility index (Phi) is 6.54. The maximum Gasteiger partial charge on any atom is 0.240 e. The molecule has 8 aliphatic rings. The molecular formula is C34H44N2O4S2. The molecule has 8 bridgehead atoms. The maximum absolute atomic E-state index is 13.2. The summed E-state index contributed by atoms with van der Waals surface area (Å²) in [5.41, 5.74) is 2.02. The minimum atomic E-state index is -3.59. The number of hydrogen-bond donors (Lipinski definition) is 2. The van der Waals surface area contributed by atoms with E-state index in [0.29, 0.717) is 13.1 Å². The summed E-state index contributed by atoms with van der Waals surface area (Å²) < 4.78 is 58.8. The molecule has 10 rings (SSSR count). The van der Waals surface area contributed by atoms with Crippen molar-refractivity contribution in [2.75, 3.05) is 13.1 Å². The fourth-order valence-corrected chi connectivity index (χ4v) is 13.6. The van der Waals surface area contributed by atoms with Gasteiger partial charge >= 0.3 is 0 Å². The van der Waals surface area contributed by atoms with Crippen LogP contribution in [0.4, 0.5) is 0 Å². The molecule has 2 N–H and O–H groups in total. The van der Waals surface area contributed by atoms with Gasteiger partial charge < -0.3 is 0 Å². The van der Waals surface area contributed by atoms with Crippen molar-refractivity contribution >= 4 is 20.0 Å². The summed E-state index contributed by atoms with van der Waals surface area (Å²) in [6.45, 7) is 1.10. The summed E-state index contributed by atoms with van der Waals surface area (Å²) in [6.07, 6.45) is 15.1. The summed E-state index contributed by atoms with van der Waals surface area (Å²) in [6, 6.07) is 13.9. The van der Waals surface area contributed by atoms with E-state index in [1.807, 2.05) is 24.3 Å². The zero-order valence-electron chi connectivity index (χ0n) is 24.4. The van der Waals surface area contributed by atoms with Gasteiger partial charge in [0.05, 0.1) is 9.79 Å².